The topological polar surface area (TPSA) is 49.4 Å². The van der Waals surface area contributed by atoms with Crippen molar-refractivity contribution >= 4 is 21.6 Å². The number of sulfonamides is 1. The number of nitrogens with zero attached hydrogens (tertiary/aromatic N) is 1. The van der Waals surface area contributed by atoms with Crippen LogP contribution >= 0.6 is 11.6 Å². The Labute approximate surface area is 136 Å². The summed E-state index contributed by atoms with van der Waals surface area (Å²) in [6.07, 6.45) is 2.39. The second-order valence-electron chi connectivity index (χ2n) is 5.94. The molecular formula is C15H22ClFN2O2S. The molecule has 1 fully saturated rings. The molecule has 1 aliphatic heterocycles. The molecule has 22 heavy (non-hydrogen) atoms. The van der Waals surface area contributed by atoms with E-state index in [4.69, 9.17) is 11.6 Å². The van der Waals surface area contributed by atoms with Gasteiger partial charge in [-0.1, -0.05) is 18.5 Å². The number of hydrogen-bond donors (Lipinski definition) is 1. The van der Waals surface area contributed by atoms with Gasteiger partial charge in [0.15, 0.2) is 0 Å². The fraction of sp³-hybridized carbons (Fsp3) is 0.600. The fourth-order valence-corrected chi connectivity index (χ4v) is 4.09. The predicted molar refractivity (Wildman–Crippen MR) is 86.9 cm³/mol. The van der Waals surface area contributed by atoms with Crippen molar-refractivity contribution in [1.29, 1.82) is 0 Å². The molecule has 0 radical (unpaired) electrons. The van der Waals surface area contributed by atoms with E-state index in [9.17, 15) is 12.8 Å². The third-order valence-corrected chi connectivity index (χ3v) is 5.41. The van der Waals surface area contributed by atoms with Crippen LogP contribution in [-0.4, -0.2) is 39.5 Å². The SMILES string of the molecule is C[C@@H]1CCCN(CCNS(=O)(=O)Cc2cc(Cl)ccc2F)C1. The van der Waals surface area contributed by atoms with Gasteiger partial charge < -0.3 is 4.90 Å². The summed E-state index contributed by atoms with van der Waals surface area (Å²) in [6.45, 7) is 5.25. The lowest BCUT2D eigenvalue weighted by Crippen LogP contribution is -2.40. The predicted octanol–water partition coefficient (Wildman–Crippen LogP) is 2.63. The maximum absolute atomic E-state index is 13.6. The maximum atomic E-state index is 13.6. The number of rotatable bonds is 6. The second kappa shape index (κ2) is 7.73. The fourth-order valence-electron chi connectivity index (χ4n) is 2.76. The maximum Gasteiger partial charge on any atom is 0.215 e. The lowest BCUT2D eigenvalue weighted by atomic mass is 10.0. The normalized spacial score (nSPS) is 20.2. The first-order valence-corrected chi connectivity index (χ1v) is 9.52. The number of halogens is 2. The lowest BCUT2D eigenvalue weighted by molar-refractivity contribution is 0.187. The Kier molecular flexibility index (Phi) is 6.20. The van der Waals surface area contributed by atoms with Crippen LogP contribution in [0.5, 0.6) is 0 Å². The summed E-state index contributed by atoms with van der Waals surface area (Å²) in [6, 6.07) is 3.93. The van der Waals surface area contributed by atoms with Gasteiger partial charge in [-0.05, 0) is 43.5 Å². The van der Waals surface area contributed by atoms with Gasteiger partial charge in [0.05, 0.1) is 5.75 Å². The third-order valence-electron chi connectivity index (χ3n) is 3.84. The zero-order chi connectivity index (χ0) is 16.2. The largest absolute Gasteiger partial charge is 0.302 e. The minimum Gasteiger partial charge on any atom is -0.302 e. The Hall–Kier alpha value is -0.690. The van der Waals surface area contributed by atoms with E-state index in [1.165, 1.54) is 24.6 Å². The lowest BCUT2D eigenvalue weighted by Gasteiger charge is -2.30. The highest BCUT2D eigenvalue weighted by Gasteiger charge is 2.18. The number of benzene rings is 1. The van der Waals surface area contributed by atoms with Crippen LogP contribution in [0.2, 0.25) is 5.02 Å². The van der Waals surface area contributed by atoms with Gasteiger partial charge in [0.2, 0.25) is 10.0 Å². The van der Waals surface area contributed by atoms with Gasteiger partial charge in [-0.25, -0.2) is 17.5 Å². The number of likely N-dealkylation sites (tertiary alicyclic amines) is 1. The highest BCUT2D eigenvalue weighted by Crippen LogP contribution is 2.17. The monoisotopic (exact) mass is 348 g/mol. The first-order valence-electron chi connectivity index (χ1n) is 7.49. The van der Waals surface area contributed by atoms with Gasteiger partial charge in [-0.15, -0.1) is 0 Å². The second-order valence-corrected chi connectivity index (χ2v) is 8.18. The van der Waals surface area contributed by atoms with Crippen molar-refractivity contribution in [3.05, 3.63) is 34.6 Å². The number of nitrogens with one attached hydrogen (secondary N) is 1. The summed E-state index contributed by atoms with van der Waals surface area (Å²) >= 11 is 5.78. The van der Waals surface area contributed by atoms with E-state index in [-0.39, 0.29) is 5.56 Å². The summed E-state index contributed by atoms with van der Waals surface area (Å²) in [5.74, 6) is -0.291. The summed E-state index contributed by atoms with van der Waals surface area (Å²) in [5.41, 5.74) is 0.0894. The van der Waals surface area contributed by atoms with Crippen LogP contribution in [0.1, 0.15) is 25.3 Å². The Morgan fingerprint density at radius 1 is 1.45 bits per heavy atom. The molecule has 2 rings (SSSR count). The van der Waals surface area contributed by atoms with Crippen molar-refractivity contribution in [3.63, 3.8) is 0 Å². The molecule has 1 atom stereocenters. The molecule has 0 bridgehead atoms. The first-order chi connectivity index (χ1) is 10.4. The van der Waals surface area contributed by atoms with Gasteiger partial charge in [0, 0.05) is 30.2 Å². The molecule has 1 saturated heterocycles. The van der Waals surface area contributed by atoms with E-state index in [0.717, 1.165) is 19.5 Å². The standard InChI is InChI=1S/C15H22ClFN2O2S/c1-12-3-2-7-19(10-12)8-6-18-22(20,21)11-13-9-14(16)4-5-15(13)17/h4-5,9,12,18H,2-3,6-8,10-11H2,1H3/t12-/m1/s1. The van der Waals surface area contributed by atoms with Gasteiger partial charge in [0.1, 0.15) is 5.82 Å². The molecule has 7 heteroatoms. The highest BCUT2D eigenvalue weighted by molar-refractivity contribution is 7.88. The molecule has 1 heterocycles. The molecule has 4 nitrogen and oxygen atoms in total. The molecule has 1 aromatic carbocycles. The smallest absolute Gasteiger partial charge is 0.215 e. The molecule has 1 aliphatic rings. The highest BCUT2D eigenvalue weighted by atomic mass is 35.5. The van der Waals surface area contributed by atoms with Crippen LogP contribution in [-0.2, 0) is 15.8 Å². The van der Waals surface area contributed by atoms with E-state index in [2.05, 4.69) is 16.5 Å². The van der Waals surface area contributed by atoms with Gasteiger partial charge in [-0.2, -0.15) is 0 Å². The van der Waals surface area contributed by atoms with Crippen LogP contribution in [0.15, 0.2) is 18.2 Å². The summed E-state index contributed by atoms with van der Waals surface area (Å²) in [5, 5.41) is 0.328. The van der Waals surface area contributed by atoms with Gasteiger partial charge >= 0.3 is 0 Å². The molecule has 1 N–H and O–H groups in total. The van der Waals surface area contributed by atoms with Gasteiger partial charge in [0.25, 0.3) is 0 Å². The molecule has 124 valence electrons. The quantitative estimate of drug-likeness (QED) is 0.859. The Bertz CT molecular complexity index is 610. The summed E-state index contributed by atoms with van der Waals surface area (Å²) < 4.78 is 40.2. The number of hydrogen-bond acceptors (Lipinski definition) is 3. The molecule has 0 spiro atoms. The average molecular weight is 349 g/mol. The minimum atomic E-state index is -3.56. The van der Waals surface area contributed by atoms with E-state index in [1.807, 2.05) is 0 Å². The van der Waals surface area contributed by atoms with Crippen molar-refractivity contribution in [2.45, 2.75) is 25.5 Å². The van der Waals surface area contributed by atoms with Crippen molar-refractivity contribution in [2.24, 2.45) is 5.92 Å². The molecule has 0 saturated carbocycles. The first kappa shape index (κ1) is 17.7. The molecule has 0 unspecified atom stereocenters. The van der Waals surface area contributed by atoms with Gasteiger partial charge in [-0.3, -0.25) is 0 Å². The number of piperidine rings is 1. The van der Waals surface area contributed by atoms with Crippen LogP contribution in [0.4, 0.5) is 4.39 Å². The Balaban J connectivity index is 1.84. The van der Waals surface area contributed by atoms with Crippen molar-refractivity contribution in [2.75, 3.05) is 26.2 Å². The zero-order valence-corrected chi connectivity index (χ0v) is 14.3. The van der Waals surface area contributed by atoms with Crippen molar-refractivity contribution in [3.8, 4) is 0 Å². The van der Waals surface area contributed by atoms with E-state index < -0.39 is 21.6 Å². The Morgan fingerprint density at radius 2 is 2.23 bits per heavy atom. The molecule has 1 aromatic rings. The summed E-state index contributed by atoms with van der Waals surface area (Å²) in [7, 11) is -3.56. The Morgan fingerprint density at radius 3 is 2.95 bits per heavy atom. The van der Waals surface area contributed by atoms with Crippen LogP contribution < -0.4 is 4.72 Å². The summed E-state index contributed by atoms with van der Waals surface area (Å²) in [4.78, 5) is 2.26. The van der Waals surface area contributed by atoms with Crippen molar-refractivity contribution < 1.29 is 12.8 Å². The molecular weight excluding hydrogens is 327 g/mol. The van der Waals surface area contributed by atoms with E-state index in [1.54, 1.807) is 0 Å². The molecule has 0 aromatic heterocycles. The third kappa shape index (κ3) is 5.50. The van der Waals surface area contributed by atoms with Crippen molar-refractivity contribution in [1.82, 2.24) is 9.62 Å². The zero-order valence-electron chi connectivity index (χ0n) is 12.7. The minimum absolute atomic E-state index is 0.0894. The van der Waals surface area contributed by atoms with Crippen LogP contribution in [0.25, 0.3) is 0 Å². The van der Waals surface area contributed by atoms with E-state index >= 15 is 0 Å². The van der Waals surface area contributed by atoms with Crippen LogP contribution in [0, 0.1) is 11.7 Å². The molecule has 0 amide bonds. The molecule has 0 aliphatic carbocycles. The van der Waals surface area contributed by atoms with E-state index in [0.29, 0.717) is 24.0 Å². The average Bonchev–Trinajstić information content (AvgIpc) is 2.42. The van der Waals surface area contributed by atoms with Crippen LogP contribution in [0.3, 0.4) is 0 Å².